The van der Waals surface area contributed by atoms with Crippen molar-refractivity contribution in [1.29, 1.82) is 0 Å². The summed E-state index contributed by atoms with van der Waals surface area (Å²) in [6.45, 7) is 3.65. The van der Waals surface area contributed by atoms with Crippen LogP contribution in [0, 0.1) is 5.82 Å². The minimum Gasteiger partial charge on any atom is -0.497 e. The maximum Gasteiger partial charge on any atom is 0.357 e. The monoisotopic (exact) mass is 544 g/mol. The van der Waals surface area contributed by atoms with Crippen LogP contribution < -0.4 is 15.4 Å². The smallest absolute Gasteiger partial charge is 0.357 e. The van der Waals surface area contributed by atoms with Crippen LogP contribution in [0.25, 0.3) is 0 Å². The van der Waals surface area contributed by atoms with Gasteiger partial charge in [0.15, 0.2) is 10.8 Å². The molecule has 0 aliphatic rings. The lowest BCUT2D eigenvalue weighted by Crippen LogP contribution is -2.50. The van der Waals surface area contributed by atoms with E-state index < -0.39 is 35.8 Å². The summed E-state index contributed by atoms with van der Waals surface area (Å²) in [6, 6.07) is 11.4. The molecular weight excluding hydrogens is 515 g/mol. The van der Waals surface area contributed by atoms with Crippen LogP contribution in [0.5, 0.6) is 5.75 Å². The first-order valence-corrected chi connectivity index (χ1v) is 12.2. The first-order chi connectivity index (χ1) is 18.2. The number of nitrogens with zero attached hydrogens (tertiary/aromatic N) is 2. The fraction of sp³-hybridized carbons (Fsp3) is 0.269. The molecule has 2 unspecified atom stereocenters. The first kappa shape index (κ1) is 29.9. The summed E-state index contributed by atoms with van der Waals surface area (Å²) in [5, 5.41) is 7.07. The molecule has 3 aromatic rings. The fourth-order valence-electron chi connectivity index (χ4n) is 3.45. The molecule has 1 heterocycles. The summed E-state index contributed by atoms with van der Waals surface area (Å²) in [5.74, 6) is -1.27. The number of nitrogens with one attached hydrogen (secondary N) is 2. The van der Waals surface area contributed by atoms with Gasteiger partial charge in [-0.2, -0.15) is 0 Å². The number of hydrogen-bond donors (Lipinski definition) is 2. The number of likely N-dealkylation sites (N-methyl/N-ethyl adjacent to an activating group) is 1. The normalized spacial score (nSPS) is 11.7. The Kier molecular flexibility index (Phi) is 11.4. The number of amides is 3. The van der Waals surface area contributed by atoms with Gasteiger partial charge in [0.05, 0.1) is 20.3 Å². The standard InChI is InChI=1S/C25H27FN4O5S.CH2O/c1-15(18-11-10-17(34-3)13-19(18)26)27-25(33)30(2)21(12-16-8-6-5-7-9-16)22(31)29-24-28-20(14-36-24)23(32)35-4;1-2/h5-11,13-15,21H,12H2,1-4H3,(H,27,33)(H,28,29,31);1H2. The predicted molar refractivity (Wildman–Crippen MR) is 141 cm³/mol. The number of methoxy groups -OCH3 is 2. The third kappa shape index (κ3) is 7.84. The van der Waals surface area contributed by atoms with E-state index in [1.54, 1.807) is 13.0 Å². The molecule has 3 amide bonds. The van der Waals surface area contributed by atoms with Crippen LogP contribution in [0.2, 0.25) is 0 Å². The molecule has 0 spiro atoms. The van der Waals surface area contributed by atoms with Crippen molar-refractivity contribution >= 4 is 41.2 Å². The summed E-state index contributed by atoms with van der Waals surface area (Å²) in [5.41, 5.74) is 1.18. The van der Waals surface area contributed by atoms with E-state index in [-0.39, 0.29) is 22.8 Å². The maximum atomic E-state index is 14.5. The molecule has 1 aromatic heterocycles. The second-order valence-electron chi connectivity index (χ2n) is 7.89. The summed E-state index contributed by atoms with van der Waals surface area (Å²) in [6.07, 6.45) is 0.219. The molecule has 3 rings (SSSR count). The van der Waals surface area contributed by atoms with E-state index in [1.165, 1.54) is 43.7 Å². The molecule has 0 radical (unpaired) electrons. The van der Waals surface area contributed by atoms with Crippen molar-refractivity contribution in [2.24, 2.45) is 0 Å². The molecular formula is C26H29FN4O6S. The lowest BCUT2D eigenvalue weighted by Gasteiger charge is -2.29. The average Bonchev–Trinajstić information content (AvgIpc) is 3.40. The lowest BCUT2D eigenvalue weighted by molar-refractivity contribution is -0.120. The van der Waals surface area contributed by atoms with Crippen LogP contribution in [0.3, 0.4) is 0 Å². The number of esters is 1. The zero-order valence-electron chi connectivity index (χ0n) is 21.4. The van der Waals surface area contributed by atoms with Gasteiger partial charge in [0.1, 0.15) is 24.4 Å². The number of carbonyl (C=O) groups excluding carboxylic acids is 4. The van der Waals surface area contributed by atoms with Gasteiger partial charge in [-0.05, 0) is 18.6 Å². The van der Waals surface area contributed by atoms with E-state index in [2.05, 4.69) is 20.4 Å². The zero-order valence-corrected chi connectivity index (χ0v) is 22.2. The molecule has 0 aliphatic heterocycles. The number of halogens is 1. The van der Waals surface area contributed by atoms with Crippen molar-refractivity contribution in [3.8, 4) is 5.75 Å². The molecule has 0 fully saturated rings. The van der Waals surface area contributed by atoms with Gasteiger partial charge in [0.25, 0.3) is 0 Å². The number of aromatic nitrogens is 1. The number of urea groups is 1. The van der Waals surface area contributed by atoms with Crippen molar-refractivity contribution in [3.63, 3.8) is 0 Å². The van der Waals surface area contributed by atoms with Gasteiger partial charge in [-0.3, -0.25) is 4.79 Å². The summed E-state index contributed by atoms with van der Waals surface area (Å²) in [4.78, 5) is 51.3. The number of ether oxygens (including phenoxy) is 2. The number of carbonyl (C=O) groups is 4. The van der Waals surface area contributed by atoms with Gasteiger partial charge < -0.3 is 29.8 Å². The van der Waals surface area contributed by atoms with Crippen LogP contribution in [-0.4, -0.2) is 61.9 Å². The van der Waals surface area contributed by atoms with E-state index in [4.69, 9.17) is 9.53 Å². The van der Waals surface area contributed by atoms with Gasteiger partial charge in [-0.1, -0.05) is 36.4 Å². The summed E-state index contributed by atoms with van der Waals surface area (Å²) < 4.78 is 24.2. The molecule has 0 bridgehead atoms. The SMILES string of the molecule is C=O.COC(=O)c1csc(NC(=O)C(Cc2ccccc2)N(C)C(=O)NC(C)c2ccc(OC)cc2F)n1. The van der Waals surface area contributed by atoms with E-state index in [0.29, 0.717) is 5.75 Å². The minimum atomic E-state index is -0.925. The fourth-order valence-corrected chi connectivity index (χ4v) is 4.14. The van der Waals surface area contributed by atoms with Gasteiger partial charge in [-0.15, -0.1) is 11.3 Å². The molecule has 2 atom stereocenters. The second-order valence-corrected chi connectivity index (χ2v) is 8.75. The number of rotatable bonds is 9. The van der Waals surface area contributed by atoms with Crippen molar-refractivity contribution in [2.75, 3.05) is 26.6 Å². The van der Waals surface area contributed by atoms with Gasteiger partial charge in [0.2, 0.25) is 5.91 Å². The molecule has 2 aromatic carbocycles. The second kappa shape index (κ2) is 14.4. The van der Waals surface area contributed by atoms with Gasteiger partial charge in [-0.25, -0.2) is 19.0 Å². The topological polar surface area (TPSA) is 127 Å². The predicted octanol–water partition coefficient (Wildman–Crippen LogP) is 3.84. The van der Waals surface area contributed by atoms with Gasteiger partial charge >= 0.3 is 12.0 Å². The maximum absolute atomic E-state index is 14.5. The summed E-state index contributed by atoms with van der Waals surface area (Å²) in [7, 11) is 4.16. The highest BCUT2D eigenvalue weighted by atomic mass is 32.1. The Balaban J connectivity index is 0.00000247. The van der Waals surface area contributed by atoms with Crippen LogP contribution in [0.4, 0.5) is 14.3 Å². The highest BCUT2D eigenvalue weighted by Gasteiger charge is 2.29. The minimum absolute atomic E-state index is 0.0684. The van der Waals surface area contributed by atoms with Crippen LogP contribution >= 0.6 is 11.3 Å². The highest BCUT2D eigenvalue weighted by molar-refractivity contribution is 7.14. The molecule has 0 saturated carbocycles. The largest absolute Gasteiger partial charge is 0.497 e. The van der Waals surface area contributed by atoms with Crippen molar-refractivity contribution in [2.45, 2.75) is 25.4 Å². The Morgan fingerprint density at radius 1 is 1.13 bits per heavy atom. The molecule has 0 saturated heterocycles. The van der Waals surface area contributed by atoms with Crippen molar-refractivity contribution in [3.05, 3.63) is 76.5 Å². The number of benzene rings is 2. The van der Waals surface area contributed by atoms with Crippen LogP contribution in [-0.2, 0) is 20.7 Å². The van der Waals surface area contributed by atoms with E-state index in [0.717, 1.165) is 16.9 Å². The Morgan fingerprint density at radius 3 is 2.42 bits per heavy atom. The van der Waals surface area contributed by atoms with E-state index in [1.807, 2.05) is 37.1 Å². The molecule has 10 nitrogen and oxygen atoms in total. The average molecular weight is 545 g/mol. The Bertz CT molecular complexity index is 1240. The number of hydrogen-bond acceptors (Lipinski definition) is 8. The Hall–Kier alpha value is -4.32. The zero-order chi connectivity index (χ0) is 28.2. The Morgan fingerprint density at radius 2 is 1.82 bits per heavy atom. The van der Waals surface area contributed by atoms with Crippen LogP contribution in [0.15, 0.2) is 53.9 Å². The van der Waals surface area contributed by atoms with E-state index in [9.17, 15) is 18.8 Å². The third-order valence-electron chi connectivity index (χ3n) is 5.51. The Labute approximate surface area is 223 Å². The molecule has 38 heavy (non-hydrogen) atoms. The molecule has 202 valence electrons. The quantitative estimate of drug-likeness (QED) is 0.392. The highest BCUT2D eigenvalue weighted by Crippen LogP contribution is 2.23. The first-order valence-electron chi connectivity index (χ1n) is 11.3. The molecule has 12 heteroatoms. The summed E-state index contributed by atoms with van der Waals surface area (Å²) >= 11 is 1.06. The van der Waals surface area contributed by atoms with Crippen LogP contribution in [0.1, 0.15) is 34.6 Å². The number of thiazole rings is 1. The molecule has 2 N–H and O–H groups in total. The molecule has 0 aliphatic carbocycles. The van der Waals surface area contributed by atoms with Gasteiger partial charge in [0, 0.05) is 30.5 Å². The van der Waals surface area contributed by atoms with Crippen molar-refractivity contribution in [1.82, 2.24) is 15.2 Å². The van der Waals surface area contributed by atoms with E-state index >= 15 is 0 Å². The lowest BCUT2D eigenvalue weighted by atomic mass is 10.0. The number of anilines is 1. The van der Waals surface area contributed by atoms with Crippen molar-refractivity contribution < 1.29 is 33.0 Å². The third-order valence-corrected chi connectivity index (χ3v) is 6.26.